The third kappa shape index (κ3) is 1.08. The van der Waals surface area contributed by atoms with E-state index in [1.807, 2.05) is 12.1 Å². The summed E-state index contributed by atoms with van der Waals surface area (Å²) in [6, 6.07) is 5.44. The molecule has 1 aromatic carbocycles. The molecule has 0 aliphatic heterocycles. The van der Waals surface area contributed by atoms with Gasteiger partial charge in [0.2, 0.25) is 5.95 Å². The molecular formula is C10H11N3O. The number of ketones is 1. The van der Waals surface area contributed by atoms with Gasteiger partial charge in [0.05, 0.1) is 11.0 Å². The van der Waals surface area contributed by atoms with Crippen LogP contribution < -0.4 is 5.73 Å². The van der Waals surface area contributed by atoms with Crippen LogP contribution in [-0.2, 0) is 7.05 Å². The molecule has 0 atom stereocenters. The van der Waals surface area contributed by atoms with Gasteiger partial charge in [-0.1, -0.05) is 6.07 Å². The molecular weight excluding hydrogens is 178 g/mol. The summed E-state index contributed by atoms with van der Waals surface area (Å²) < 4.78 is 1.73. The van der Waals surface area contributed by atoms with Crippen LogP contribution >= 0.6 is 0 Å². The number of rotatable bonds is 1. The highest BCUT2D eigenvalue weighted by atomic mass is 16.1. The fraction of sp³-hybridized carbons (Fsp3) is 0.200. The molecule has 0 unspecified atom stereocenters. The Bertz CT molecular complexity index is 513. The predicted octanol–water partition coefficient (Wildman–Crippen LogP) is 1.36. The topological polar surface area (TPSA) is 60.9 Å². The van der Waals surface area contributed by atoms with Crippen LogP contribution in [0.5, 0.6) is 0 Å². The van der Waals surface area contributed by atoms with E-state index in [-0.39, 0.29) is 5.78 Å². The molecule has 72 valence electrons. The van der Waals surface area contributed by atoms with Crippen molar-refractivity contribution in [3.63, 3.8) is 0 Å². The smallest absolute Gasteiger partial charge is 0.200 e. The summed E-state index contributed by atoms with van der Waals surface area (Å²) in [5.41, 5.74) is 7.89. The van der Waals surface area contributed by atoms with Crippen LogP contribution in [0.25, 0.3) is 11.0 Å². The average Bonchev–Trinajstić information content (AvgIpc) is 2.43. The largest absolute Gasteiger partial charge is 0.369 e. The molecule has 0 spiro atoms. The van der Waals surface area contributed by atoms with E-state index in [0.29, 0.717) is 11.5 Å². The lowest BCUT2D eigenvalue weighted by Gasteiger charge is -2.01. The highest BCUT2D eigenvalue weighted by Gasteiger charge is 2.11. The number of hydrogen-bond donors (Lipinski definition) is 1. The van der Waals surface area contributed by atoms with E-state index in [2.05, 4.69) is 4.98 Å². The van der Waals surface area contributed by atoms with E-state index in [4.69, 9.17) is 5.73 Å². The molecule has 1 aromatic heterocycles. The zero-order valence-electron chi connectivity index (χ0n) is 8.11. The molecule has 0 saturated heterocycles. The number of para-hydroxylation sites is 1. The number of aromatic nitrogens is 2. The maximum absolute atomic E-state index is 11.3. The minimum absolute atomic E-state index is 0.0265. The van der Waals surface area contributed by atoms with Crippen molar-refractivity contribution in [1.29, 1.82) is 0 Å². The molecule has 4 heteroatoms. The fourth-order valence-corrected chi connectivity index (χ4v) is 1.57. The zero-order valence-corrected chi connectivity index (χ0v) is 8.11. The van der Waals surface area contributed by atoms with E-state index >= 15 is 0 Å². The lowest BCUT2D eigenvalue weighted by molar-refractivity contribution is 0.101. The first-order valence-electron chi connectivity index (χ1n) is 4.33. The highest BCUT2D eigenvalue weighted by molar-refractivity contribution is 6.05. The van der Waals surface area contributed by atoms with E-state index < -0.39 is 0 Å². The molecule has 14 heavy (non-hydrogen) atoms. The first-order chi connectivity index (χ1) is 6.61. The van der Waals surface area contributed by atoms with Crippen LogP contribution in [0, 0.1) is 0 Å². The van der Waals surface area contributed by atoms with Crippen molar-refractivity contribution < 1.29 is 4.79 Å². The summed E-state index contributed by atoms with van der Waals surface area (Å²) in [6.07, 6.45) is 0. The van der Waals surface area contributed by atoms with Crippen LogP contribution in [0.2, 0.25) is 0 Å². The van der Waals surface area contributed by atoms with Gasteiger partial charge in [-0.25, -0.2) is 4.98 Å². The van der Waals surface area contributed by atoms with Crippen molar-refractivity contribution in [3.05, 3.63) is 23.8 Å². The third-order valence-corrected chi connectivity index (χ3v) is 2.31. The second-order valence-corrected chi connectivity index (χ2v) is 3.26. The Morgan fingerprint density at radius 1 is 1.50 bits per heavy atom. The van der Waals surface area contributed by atoms with Crippen molar-refractivity contribution in [1.82, 2.24) is 9.55 Å². The van der Waals surface area contributed by atoms with Gasteiger partial charge in [0.25, 0.3) is 0 Å². The summed E-state index contributed by atoms with van der Waals surface area (Å²) in [5, 5.41) is 0. The average molecular weight is 189 g/mol. The number of hydrogen-bond acceptors (Lipinski definition) is 3. The molecule has 0 bridgehead atoms. The lowest BCUT2D eigenvalue weighted by atomic mass is 10.1. The fourth-order valence-electron chi connectivity index (χ4n) is 1.57. The zero-order chi connectivity index (χ0) is 10.3. The quantitative estimate of drug-likeness (QED) is 0.689. The number of nitrogen functional groups attached to an aromatic ring is 1. The Kier molecular flexibility index (Phi) is 1.77. The highest BCUT2D eigenvalue weighted by Crippen LogP contribution is 2.20. The van der Waals surface area contributed by atoms with E-state index in [1.54, 1.807) is 17.7 Å². The van der Waals surface area contributed by atoms with E-state index in [0.717, 1.165) is 11.0 Å². The number of nitrogens with zero attached hydrogens (tertiary/aromatic N) is 2. The molecule has 0 radical (unpaired) electrons. The van der Waals surface area contributed by atoms with Crippen molar-refractivity contribution in [2.24, 2.45) is 7.05 Å². The molecule has 0 aliphatic carbocycles. The van der Waals surface area contributed by atoms with Crippen molar-refractivity contribution in [3.8, 4) is 0 Å². The second kappa shape index (κ2) is 2.83. The standard InChI is InChI=1S/C10H11N3O/c1-6(14)7-4-3-5-8-9(7)13(2)10(11)12-8/h3-5H,1-2H3,(H2,11,12). The maximum atomic E-state index is 11.3. The number of Topliss-reactive ketones (excluding diaryl/α,β-unsaturated/α-hetero) is 1. The minimum Gasteiger partial charge on any atom is -0.369 e. The summed E-state index contributed by atoms with van der Waals surface area (Å²) in [5.74, 6) is 0.451. The van der Waals surface area contributed by atoms with Gasteiger partial charge in [0.15, 0.2) is 5.78 Å². The normalized spacial score (nSPS) is 10.7. The molecule has 0 saturated carbocycles. The van der Waals surface area contributed by atoms with Crippen LogP contribution in [0.1, 0.15) is 17.3 Å². The van der Waals surface area contributed by atoms with Crippen molar-refractivity contribution >= 4 is 22.8 Å². The minimum atomic E-state index is 0.0265. The number of fused-ring (bicyclic) bond motifs is 1. The van der Waals surface area contributed by atoms with Gasteiger partial charge in [-0.05, 0) is 19.1 Å². The monoisotopic (exact) mass is 189 g/mol. The third-order valence-electron chi connectivity index (χ3n) is 2.31. The summed E-state index contributed by atoms with van der Waals surface area (Å²) in [6.45, 7) is 1.54. The first kappa shape index (κ1) is 8.74. The molecule has 0 aliphatic rings. The molecule has 2 rings (SSSR count). The summed E-state index contributed by atoms with van der Waals surface area (Å²) >= 11 is 0. The molecule has 1 heterocycles. The number of carbonyl (C=O) groups excluding carboxylic acids is 1. The van der Waals surface area contributed by atoms with Crippen LogP contribution in [0.4, 0.5) is 5.95 Å². The second-order valence-electron chi connectivity index (χ2n) is 3.26. The van der Waals surface area contributed by atoms with Gasteiger partial charge in [0, 0.05) is 12.6 Å². The number of nitrogens with two attached hydrogens (primary N) is 1. The number of aryl methyl sites for hydroxylation is 1. The Hall–Kier alpha value is -1.84. The molecule has 0 amide bonds. The van der Waals surface area contributed by atoms with E-state index in [1.165, 1.54) is 6.92 Å². The van der Waals surface area contributed by atoms with Gasteiger partial charge in [0.1, 0.15) is 0 Å². The van der Waals surface area contributed by atoms with Crippen molar-refractivity contribution in [2.75, 3.05) is 5.73 Å². The number of imidazole rings is 1. The Morgan fingerprint density at radius 2 is 2.21 bits per heavy atom. The predicted molar refractivity (Wildman–Crippen MR) is 55.1 cm³/mol. The van der Waals surface area contributed by atoms with Gasteiger partial charge < -0.3 is 10.3 Å². The van der Waals surface area contributed by atoms with Gasteiger partial charge >= 0.3 is 0 Å². The Balaban J connectivity index is 2.91. The van der Waals surface area contributed by atoms with Crippen molar-refractivity contribution in [2.45, 2.75) is 6.92 Å². The number of benzene rings is 1. The van der Waals surface area contributed by atoms with Gasteiger partial charge in [-0.2, -0.15) is 0 Å². The summed E-state index contributed by atoms with van der Waals surface area (Å²) in [4.78, 5) is 15.5. The Labute approximate surface area is 81.3 Å². The lowest BCUT2D eigenvalue weighted by Crippen LogP contribution is -2.00. The van der Waals surface area contributed by atoms with Gasteiger partial charge in [-0.3, -0.25) is 4.79 Å². The molecule has 4 nitrogen and oxygen atoms in total. The van der Waals surface area contributed by atoms with E-state index in [9.17, 15) is 4.79 Å². The number of carbonyl (C=O) groups is 1. The molecule has 0 fully saturated rings. The van der Waals surface area contributed by atoms with Gasteiger partial charge in [-0.15, -0.1) is 0 Å². The Morgan fingerprint density at radius 3 is 2.86 bits per heavy atom. The SMILES string of the molecule is CC(=O)c1cccc2nc(N)n(C)c12. The first-order valence-corrected chi connectivity index (χ1v) is 4.33. The molecule has 2 aromatic rings. The van der Waals surface area contributed by atoms with Crippen LogP contribution in [0.15, 0.2) is 18.2 Å². The maximum Gasteiger partial charge on any atom is 0.200 e. The van der Waals surface area contributed by atoms with Crippen LogP contribution in [0.3, 0.4) is 0 Å². The molecule has 2 N–H and O–H groups in total. The summed E-state index contributed by atoms with van der Waals surface area (Å²) in [7, 11) is 1.80. The van der Waals surface area contributed by atoms with Crippen LogP contribution in [-0.4, -0.2) is 15.3 Å². The number of anilines is 1.